The number of carbonyl (C=O) groups excluding carboxylic acids is 4. The Bertz CT molecular complexity index is 1350. The highest BCUT2D eigenvalue weighted by Crippen LogP contribution is 2.53. The second-order valence-corrected chi connectivity index (χ2v) is 10.3. The molecule has 0 aromatic heterocycles. The molecular weight excluding hydrogens is 515 g/mol. The number of phenols is 1. The smallest absolute Gasteiger partial charge is 0.255 e. The number of fused-ring (bicyclic) bond motifs is 3. The molecule has 0 fully saturated rings. The van der Waals surface area contributed by atoms with Gasteiger partial charge in [-0.2, -0.15) is 0 Å². The number of aromatic hydroxyl groups is 1. The molecule has 2 amide bonds. The lowest BCUT2D eigenvalue weighted by Crippen LogP contribution is -2.63. The van der Waals surface area contributed by atoms with Gasteiger partial charge in [-0.05, 0) is 45.8 Å². The normalized spacial score (nSPS) is 26.4. The van der Waals surface area contributed by atoms with Crippen molar-refractivity contribution in [1.82, 2.24) is 10.2 Å². The van der Waals surface area contributed by atoms with E-state index < -0.39 is 86.7 Å². The minimum atomic E-state index is -2.80. The molecule has 1 aromatic rings. The van der Waals surface area contributed by atoms with Gasteiger partial charge in [-0.15, -0.1) is 0 Å². The molecule has 3 aliphatic rings. The zero-order valence-corrected chi connectivity index (χ0v) is 21.7. The van der Waals surface area contributed by atoms with E-state index in [1.807, 2.05) is 6.92 Å². The largest absolute Gasteiger partial charge is 0.510 e. The maximum Gasteiger partial charge on any atom is 0.255 e. The van der Waals surface area contributed by atoms with Gasteiger partial charge in [-0.1, -0.05) is 6.92 Å². The van der Waals surface area contributed by atoms with Crippen LogP contribution in [0, 0.1) is 17.7 Å². The zero-order valence-electron chi connectivity index (χ0n) is 21.7. The summed E-state index contributed by atoms with van der Waals surface area (Å²) in [4.78, 5) is 52.6. The number of nitrogens with two attached hydrogens (primary N) is 1. The molecule has 3 aliphatic carbocycles. The number of Topliss-reactive ketones (excluding diaryl/α,β-unsaturated/α-hetero) is 2. The van der Waals surface area contributed by atoms with Crippen LogP contribution in [0.5, 0.6) is 5.75 Å². The number of ketones is 2. The van der Waals surface area contributed by atoms with E-state index in [4.69, 9.17) is 5.73 Å². The van der Waals surface area contributed by atoms with Gasteiger partial charge in [0.2, 0.25) is 11.7 Å². The summed E-state index contributed by atoms with van der Waals surface area (Å²) in [7, 11) is 3.03. The van der Waals surface area contributed by atoms with Gasteiger partial charge in [0.15, 0.2) is 17.1 Å². The summed E-state index contributed by atoms with van der Waals surface area (Å²) in [5.41, 5.74) is 0.130. The molecule has 210 valence electrons. The number of aliphatic hydroxyl groups excluding tert-OH is 2. The molecule has 39 heavy (non-hydrogen) atoms. The first-order chi connectivity index (χ1) is 18.3. The molecule has 0 saturated carbocycles. The van der Waals surface area contributed by atoms with Crippen molar-refractivity contribution in [3.8, 4) is 5.75 Å². The minimum Gasteiger partial charge on any atom is -0.510 e. The summed E-state index contributed by atoms with van der Waals surface area (Å²) in [5.74, 6) is -9.81. The number of halogens is 1. The van der Waals surface area contributed by atoms with E-state index in [1.165, 1.54) is 19.0 Å². The van der Waals surface area contributed by atoms with Crippen LogP contribution < -0.4 is 16.4 Å². The number of hydrogen-bond donors (Lipinski definition) is 7. The average molecular weight is 547 g/mol. The number of carbonyl (C=O) groups is 4. The van der Waals surface area contributed by atoms with Gasteiger partial charge in [0.25, 0.3) is 5.91 Å². The number of benzene rings is 1. The third-order valence-corrected chi connectivity index (χ3v) is 7.65. The molecule has 0 aliphatic heterocycles. The van der Waals surface area contributed by atoms with Crippen molar-refractivity contribution in [1.29, 1.82) is 0 Å². The lowest BCUT2D eigenvalue weighted by molar-refractivity contribution is -0.148. The fraction of sp³-hybridized carbons (Fsp3) is 0.462. The predicted octanol–water partition coefficient (Wildman–Crippen LogP) is 0.198. The van der Waals surface area contributed by atoms with Gasteiger partial charge in [0, 0.05) is 23.1 Å². The van der Waals surface area contributed by atoms with Crippen molar-refractivity contribution >= 4 is 29.1 Å². The van der Waals surface area contributed by atoms with E-state index in [9.17, 15) is 39.6 Å². The summed E-state index contributed by atoms with van der Waals surface area (Å²) in [5, 5.41) is 49.7. The summed E-state index contributed by atoms with van der Waals surface area (Å²) < 4.78 is 15.3. The summed E-state index contributed by atoms with van der Waals surface area (Å²) >= 11 is 0. The van der Waals surface area contributed by atoms with E-state index in [2.05, 4.69) is 10.6 Å². The first-order valence-corrected chi connectivity index (χ1v) is 12.5. The second-order valence-electron chi connectivity index (χ2n) is 10.3. The summed E-state index contributed by atoms with van der Waals surface area (Å²) in [6.45, 7) is 2.32. The highest BCUT2D eigenvalue weighted by atomic mass is 19.1. The van der Waals surface area contributed by atoms with Crippen LogP contribution in [0.25, 0.3) is 0 Å². The molecule has 12 nitrogen and oxygen atoms in total. The maximum absolute atomic E-state index is 15.3. The fourth-order valence-corrected chi connectivity index (χ4v) is 5.94. The topological polar surface area (TPSA) is 203 Å². The Morgan fingerprint density at radius 1 is 1.23 bits per heavy atom. The van der Waals surface area contributed by atoms with Crippen LogP contribution in [0.2, 0.25) is 0 Å². The second kappa shape index (κ2) is 10.1. The summed E-state index contributed by atoms with van der Waals surface area (Å²) in [6.07, 6.45) is 0.412. The quantitative estimate of drug-likeness (QED) is 0.141. The number of likely N-dealkylation sites (N-methyl/N-ethyl adjacent to an activating group) is 1. The fourth-order valence-electron chi connectivity index (χ4n) is 5.94. The Labute approximate surface area is 223 Å². The first-order valence-electron chi connectivity index (χ1n) is 12.5. The van der Waals surface area contributed by atoms with E-state index in [0.29, 0.717) is 6.54 Å². The number of nitrogens with one attached hydrogen (secondary N) is 2. The Morgan fingerprint density at radius 2 is 1.90 bits per heavy atom. The van der Waals surface area contributed by atoms with Crippen LogP contribution in [0.15, 0.2) is 28.7 Å². The maximum atomic E-state index is 15.3. The molecule has 0 spiro atoms. The van der Waals surface area contributed by atoms with Crippen LogP contribution in [-0.4, -0.2) is 87.5 Å². The van der Waals surface area contributed by atoms with Gasteiger partial charge in [0.1, 0.15) is 22.9 Å². The van der Waals surface area contributed by atoms with E-state index in [-0.39, 0.29) is 30.6 Å². The molecular formula is C26H31FN4O8. The minimum absolute atomic E-state index is 0.125. The Balaban J connectivity index is 1.83. The van der Waals surface area contributed by atoms with Crippen LogP contribution in [-0.2, 0) is 20.8 Å². The molecule has 0 unspecified atom stereocenters. The predicted molar refractivity (Wildman–Crippen MR) is 135 cm³/mol. The SMILES string of the molecule is CCCNCC(=O)Nc1cc(F)c2c(c1O)C(=O)C1=C(O)[C@]3(O)C(=O)C(C(N)=O)=C(O)[C@@H](N(C)C)[C@@H]3C[C@@H]1C2. The molecule has 0 saturated heterocycles. The molecule has 0 heterocycles. The first kappa shape index (κ1) is 28.2. The Hall–Kier alpha value is -3.81. The van der Waals surface area contributed by atoms with E-state index in [1.54, 1.807) is 0 Å². The van der Waals surface area contributed by atoms with Crippen molar-refractivity contribution in [3.63, 3.8) is 0 Å². The molecule has 8 N–H and O–H groups in total. The van der Waals surface area contributed by atoms with E-state index in [0.717, 1.165) is 12.5 Å². The number of hydrogen-bond acceptors (Lipinski definition) is 10. The number of aliphatic hydroxyl groups is 3. The van der Waals surface area contributed by atoms with Gasteiger partial charge < -0.3 is 36.8 Å². The van der Waals surface area contributed by atoms with Gasteiger partial charge >= 0.3 is 0 Å². The van der Waals surface area contributed by atoms with Gasteiger partial charge in [0.05, 0.1) is 23.8 Å². The number of allylic oxidation sites excluding steroid dienone is 1. The van der Waals surface area contributed by atoms with Crippen LogP contribution >= 0.6 is 0 Å². The highest BCUT2D eigenvalue weighted by Gasteiger charge is 2.63. The number of rotatable bonds is 7. The third kappa shape index (κ3) is 4.26. The Kier molecular flexibility index (Phi) is 7.27. The van der Waals surface area contributed by atoms with Crippen molar-refractivity contribution in [3.05, 3.63) is 45.7 Å². The molecule has 1 aromatic carbocycles. The average Bonchev–Trinajstić information content (AvgIpc) is 2.84. The van der Waals surface area contributed by atoms with Crippen LogP contribution in [0.3, 0.4) is 0 Å². The number of phenolic OH excluding ortho intramolecular Hbond substituents is 1. The summed E-state index contributed by atoms with van der Waals surface area (Å²) in [6, 6.07) is -0.250. The lowest BCUT2D eigenvalue weighted by Gasteiger charge is -2.50. The monoisotopic (exact) mass is 546 g/mol. The number of primary amides is 1. The number of nitrogens with zero attached hydrogens (tertiary/aromatic N) is 1. The Morgan fingerprint density at radius 3 is 2.49 bits per heavy atom. The standard InChI is InChI=1S/C26H31FN4O8/c1-4-5-29-9-15(32)30-14-8-13(27)11-6-10-7-12-19(31(2)3)22(35)18(25(28)38)24(37)26(12,39)23(36)16(10)21(34)17(11)20(14)33/h8,10,12,19,29,33,35-36,39H,4-7,9H2,1-3H3,(H2,28,38)(H,30,32)/t10-,12-,19-,26-/m0/s1. The number of amides is 2. The molecule has 0 radical (unpaired) electrons. The van der Waals surface area contributed by atoms with Crippen LogP contribution in [0.4, 0.5) is 10.1 Å². The molecule has 4 atom stereocenters. The van der Waals surface area contributed by atoms with Crippen molar-refractivity contribution in [2.75, 3.05) is 32.5 Å². The lowest BCUT2D eigenvalue weighted by atomic mass is 9.58. The highest BCUT2D eigenvalue weighted by molar-refractivity contribution is 6.25. The van der Waals surface area contributed by atoms with Gasteiger partial charge in [-0.25, -0.2) is 4.39 Å². The third-order valence-electron chi connectivity index (χ3n) is 7.65. The van der Waals surface area contributed by atoms with Crippen molar-refractivity contribution < 1.29 is 44.0 Å². The van der Waals surface area contributed by atoms with Crippen LogP contribution in [0.1, 0.15) is 35.7 Å². The van der Waals surface area contributed by atoms with Crippen molar-refractivity contribution in [2.24, 2.45) is 17.6 Å². The molecule has 0 bridgehead atoms. The zero-order chi connectivity index (χ0) is 29.0. The van der Waals surface area contributed by atoms with E-state index >= 15 is 4.39 Å². The number of anilines is 1. The molecule has 13 heteroatoms. The van der Waals surface area contributed by atoms with Crippen molar-refractivity contribution in [2.45, 2.75) is 37.8 Å². The van der Waals surface area contributed by atoms with Gasteiger partial charge in [-0.3, -0.25) is 24.1 Å². The molecule has 4 rings (SSSR count).